The molecule has 1 saturated heterocycles. The Bertz CT molecular complexity index is 896. The summed E-state index contributed by atoms with van der Waals surface area (Å²) in [6.07, 6.45) is 8.63. The van der Waals surface area contributed by atoms with Gasteiger partial charge in [-0.05, 0) is 31.0 Å². The number of hydrogen-bond acceptors (Lipinski definition) is 6. The smallest absolute Gasteiger partial charge is 0.227 e. The first-order valence-electron chi connectivity index (χ1n) is 8.80. The number of fused-ring (bicyclic) bond motifs is 1. The van der Waals surface area contributed by atoms with Crippen LogP contribution in [0.25, 0.3) is 11.2 Å². The monoisotopic (exact) mass is 351 g/mol. The minimum absolute atomic E-state index is 0.0266. The van der Waals surface area contributed by atoms with Crippen LogP contribution in [0.4, 0.5) is 5.69 Å². The lowest BCUT2D eigenvalue weighted by Crippen LogP contribution is -2.43. The molecular formula is C19H21N5O2. The number of rotatable bonds is 4. The molecule has 134 valence electrons. The molecule has 3 aromatic heterocycles. The van der Waals surface area contributed by atoms with Crippen LogP contribution in [0.2, 0.25) is 0 Å². The van der Waals surface area contributed by atoms with E-state index < -0.39 is 0 Å². The van der Waals surface area contributed by atoms with Gasteiger partial charge in [0, 0.05) is 32.5 Å². The van der Waals surface area contributed by atoms with Gasteiger partial charge in [-0.2, -0.15) is 0 Å². The first-order chi connectivity index (χ1) is 12.7. The number of nitrogens with zero attached hydrogens (tertiary/aromatic N) is 5. The zero-order valence-electron chi connectivity index (χ0n) is 14.7. The fraction of sp³-hybridized carbons (Fsp3) is 0.368. The molecule has 26 heavy (non-hydrogen) atoms. The zero-order valence-corrected chi connectivity index (χ0v) is 14.7. The van der Waals surface area contributed by atoms with E-state index in [1.807, 2.05) is 31.4 Å². The van der Waals surface area contributed by atoms with E-state index >= 15 is 0 Å². The van der Waals surface area contributed by atoms with Crippen LogP contribution in [0, 0.1) is 5.92 Å². The predicted octanol–water partition coefficient (Wildman–Crippen LogP) is 2.49. The summed E-state index contributed by atoms with van der Waals surface area (Å²) in [6, 6.07) is 5.72. The summed E-state index contributed by atoms with van der Waals surface area (Å²) in [6.45, 7) is 2.10. The molecule has 0 aromatic carbocycles. The standard InChI is InChI=1S/C19H21N5O2/c1-23(13-16-5-3-9-26-16)19(25)14-4-2-8-24(12-14)15-10-17-18(22-11-15)21-7-6-20-17/h3,5-7,9-11,14H,2,4,8,12-13H2,1H3. The van der Waals surface area contributed by atoms with Crippen LogP contribution in [-0.4, -0.2) is 45.9 Å². The fourth-order valence-electron chi connectivity index (χ4n) is 3.46. The van der Waals surface area contributed by atoms with E-state index in [2.05, 4.69) is 19.9 Å². The number of amides is 1. The molecule has 3 aromatic rings. The summed E-state index contributed by atoms with van der Waals surface area (Å²) in [5.74, 6) is 0.923. The van der Waals surface area contributed by atoms with Gasteiger partial charge in [0.15, 0.2) is 5.65 Å². The van der Waals surface area contributed by atoms with Gasteiger partial charge in [0.05, 0.1) is 30.6 Å². The number of furan rings is 1. The highest BCUT2D eigenvalue weighted by molar-refractivity contribution is 5.80. The number of anilines is 1. The van der Waals surface area contributed by atoms with Crippen molar-refractivity contribution < 1.29 is 9.21 Å². The molecule has 0 N–H and O–H groups in total. The third-order valence-corrected chi connectivity index (χ3v) is 4.80. The maximum Gasteiger partial charge on any atom is 0.227 e. The van der Waals surface area contributed by atoms with Crippen molar-refractivity contribution in [3.05, 3.63) is 48.8 Å². The van der Waals surface area contributed by atoms with Crippen molar-refractivity contribution in [1.82, 2.24) is 19.9 Å². The summed E-state index contributed by atoms with van der Waals surface area (Å²) in [5, 5.41) is 0. The topological polar surface area (TPSA) is 75.4 Å². The molecule has 1 aliphatic rings. The Kier molecular flexibility index (Phi) is 4.51. The van der Waals surface area contributed by atoms with Crippen molar-refractivity contribution >= 4 is 22.8 Å². The number of pyridine rings is 1. The lowest BCUT2D eigenvalue weighted by molar-refractivity contribution is -0.135. The second kappa shape index (κ2) is 7.11. The number of piperidine rings is 1. The Balaban J connectivity index is 1.46. The molecule has 0 aliphatic carbocycles. The summed E-state index contributed by atoms with van der Waals surface area (Å²) in [4.78, 5) is 29.7. The van der Waals surface area contributed by atoms with Crippen LogP contribution in [0.3, 0.4) is 0 Å². The van der Waals surface area contributed by atoms with Crippen molar-refractivity contribution in [3.63, 3.8) is 0 Å². The molecule has 0 spiro atoms. The Morgan fingerprint density at radius 3 is 3.08 bits per heavy atom. The van der Waals surface area contributed by atoms with E-state index in [0.717, 1.165) is 36.4 Å². The maximum atomic E-state index is 12.8. The Morgan fingerprint density at radius 2 is 2.23 bits per heavy atom. The van der Waals surface area contributed by atoms with Gasteiger partial charge < -0.3 is 14.2 Å². The fourth-order valence-corrected chi connectivity index (χ4v) is 3.46. The molecule has 7 heteroatoms. The van der Waals surface area contributed by atoms with E-state index in [1.165, 1.54) is 0 Å². The van der Waals surface area contributed by atoms with Crippen molar-refractivity contribution in [2.45, 2.75) is 19.4 Å². The predicted molar refractivity (Wildman–Crippen MR) is 97.5 cm³/mol. The largest absolute Gasteiger partial charge is 0.467 e. The van der Waals surface area contributed by atoms with Gasteiger partial charge >= 0.3 is 0 Å². The molecule has 7 nitrogen and oxygen atoms in total. The summed E-state index contributed by atoms with van der Waals surface area (Å²) >= 11 is 0. The number of aromatic nitrogens is 3. The highest BCUT2D eigenvalue weighted by Gasteiger charge is 2.28. The Morgan fingerprint density at radius 1 is 1.35 bits per heavy atom. The maximum absolute atomic E-state index is 12.8. The van der Waals surface area contributed by atoms with Crippen LogP contribution in [0.1, 0.15) is 18.6 Å². The van der Waals surface area contributed by atoms with Crippen LogP contribution in [0.15, 0.2) is 47.5 Å². The summed E-state index contributed by atoms with van der Waals surface area (Å²) in [7, 11) is 1.83. The third kappa shape index (κ3) is 3.37. The molecule has 0 bridgehead atoms. The van der Waals surface area contributed by atoms with Gasteiger partial charge in [-0.25, -0.2) is 9.97 Å². The van der Waals surface area contributed by atoms with Gasteiger partial charge in [-0.3, -0.25) is 9.78 Å². The quantitative estimate of drug-likeness (QED) is 0.719. The lowest BCUT2D eigenvalue weighted by Gasteiger charge is -2.35. The van der Waals surface area contributed by atoms with Gasteiger partial charge in [0.25, 0.3) is 0 Å². The van der Waals surface area contributed by atoms with Crippen molar-refractivity contribution in [2.75, 3.05) is 25.0 Å². The SMILES string of the molecule is CN(Cc1ccco1)C(=O)C1CCCN(c2cnc3nccnc3c2)C1. The average molecular weight is 351 g/mol. The molecule has 0 saturated carbocycles. The zero-order chi connectivity index (χ0) is 17.9. The summed E-state index contributed by atoms with van der Waals surface area (Å²) < 4.78 is 5.35. The average Bonchev–Trinajstić information content (AvgIpc) is 3.20. The van der Waals surface area contributed by atoms with Crippen LogP contribution in [-0.2, 0) is 11.3 Å². The van der Waals surface area contributed by atoms with E-state index in [-0.39, 0.29) is 11.8 Å². The minimum Gasteiger partial charge on any atom is -0.467 e. The van der Waals surface area contributed by atoms with Crippen LogP contribution >= 0.6 is 0 Å². The Hall–Kier alpha value is -2.96. The van der Waals surface area contributed by atoms with Gasteiger partial charge in [-0.15, -0.1) is 0 Å². The van der Waals surface area contributed by atoms with E-state index in [9.17, 15) is 4.79 Å². The molecule has 4 heterocycles. The van der Waals surface area contributed by atoms with Gasteiger partial charge in [0.2, 0.25) is 5.91 Å². The first-order valence-corrected chi connectivity index (χ1v) is 8.80. The van der Waals surface area contributed by atoms with Crippen molar-refractivity contribution in [3.8, 4) is 0 Å². The molecular weight excluding hydrogens is 330 g/mol. The van der Waals surface area contributed by atoms with E-state index in [4.69, 9.17) is 4.42 Å². The first kappa shape index (κ1) is 16.5. The molecule has 0 radical (unpaired) electrons. The second-order valence-corrected chi connectivity index (χ2v) is 6.65. The molecule has 1 atom stereocenters. The molecule has 4 rings (SSSR count). The minimum atomic E-state index is -0.0266. The van der Waals surface area contributed by atoms with Gasteiger partial charge in [0.1, 0.15) is 11.3 Å². The molecule has 1 fully saturated rings. The highest BCUT2D eigenvalue weighted by atomic mass is 16.3. The van der Waals surface area contributed by atoms with E-state index in [1.54, 1.807) is 23.6 Å². The molecule has 1 aliphatic heterocycles. The number of hydrogen-bond donors (Lipinski definition) is 0. The summed E-state index contributed by atoms with van der Waals surface area (Å²) in [5.41, 5.74) is 2.40. The normalized spacial score (nSPS) is 17.4. The Labute approximate surface area is 151 Å². The second-order valence-electron chi connectivity index (χ2n) is 6.65. The third-order valence-electron chi connectivity index (χ3n) is 4.80. The van der Waals surface area contributed by atoms with E-state index in [0.29, 0.717) is 18.7 Å². The van der Waals surface area contributed by atoms with Crippen molar-refractivity contribution in [1.29, 1.82) is 0 Å². The number of carbonyl (C=O) groups is 1. The lowest BCUT2D eigenvalue weighted by atomic mass is 9.96. The molecule has 1 amide bonds. The van der Waals surface area contributed by atoms with Crippen LogP contribution in [0.5, 0.6) is 0 Å². The van der Waals surface area contributed by atoms with Crippen molar-refractivity contribution in [2.24, 2.45) is 5.92 Å². The van der Waals surface area contributed by atoms with Gasteiger partial charge in [-0.1, -0.05) is 0 Å². The molecule has 1 unspecified atom stereocenters. The number of carbonyl (C=O) groups excluding carboxylic acids is 1. The highest BCUT2D eigenvalue weighted by Crippen LogP contribution is 2.25. The van der Waals surface area contributed by atoms with Crippen LogP contribution < -0.4 is 4.90 Å².